The van der Waals surface area contributed by atoms with E-state index in [-0.39, 0.29) is 18.3 Å². The van der Waals surface area contributed by atoms with E-state index < -0.39 is 18.1 Å². The Labute approximate surface area is 142 Å². The van der Waals surface area contributed by atoms with Gasteiger partial charge in [-0.05, 0) is 24.6 Å². The summed E-state index contributed by atoms with van der Waals surface area (Å²) in [6, 6.07) is 5.05. The molecule has 2 atom stereocenters. The second-order valence-electron chi connectivity index (χ2n) is 5.50. The van der Waals surface area contributed by atoms with Gasteiger partial charge >= 0.3 is 0 Å². The number of benzene rings is 1. The summed E-state index contributed by atoms with van der Waals surface area (Å²) in [7, 11) is 1.60. The number of carbonyl (C=O) groups excluding carboxylic acids is 2. The van der Waals surface area contributed by atoms with Gasteiger partial charge in [-0.2, -0.15) is 0 Å². The van der Waals surface area contributed by atoms with E-state index in [2.05, 4.69) is 10.3 Å². The van der Waals surface area contributed by atoms with Gasteiger partial charge in [-0.3, -0.25) is 14.9 Å². The van der Waals surface area contributed by atoms with E-state index in [9.17, 15) is 14.0 Å². The van der Waals surface area contributed by atoms with Crippen LogP contribution in [0.1, 0.15) is 16.5 Å². The van der Waals surface area contributed by atoms with Crippen LogP contribution >= 0.6 is 11.3 Å². The van der Waals surface area contributed by atoms with Crippen LogP contribution in [0.3, 0.4) is 0 Å². The van der Waals surface area contributed by atoms with Crippen molar-refractivity contribution < 1.29 is 18.7 Å². The van der Waals surface area contributed by atoms with Crippen LogP contribution in [0.4, 0.5) is 9.52 Å². The van der Waals surface area contributed by atoms with Gasteiger partial charge in [-0.1, -0.05) is 12.1 Å². The van der Waals surface area contributed by atoms with E-state index in [1.54, 1.807) is 25.4 Å². The van der Waals surface area contributed by atoms with Crippen molar-refractivity contribution in [3.63, 3.8) is 0 Å². The molecular formula is C16H16FN3O3S. The average Bonchev–Trinajstić information content (AvgIpc) is 2.96. The van der Waals surface area contributed by atoms with Crippen LogP contribution in [-0.2, 0) is 14.3 Å². The number of aromatic nitrogens is 1. The van der Waals surface area contributed by atoms with Crippen LogP contribution in [0.25, 0.3) is 0 Å². The fraction of sp³-hybridized carbons (Fsp3) is 0.312. The molecule has 1 aliphatic heterocycles. The number of ether oxygens (including phenoxy) is 1. The average molecular weight is 349 g/mol. The zero-order valence-electron chi connectivity index (χ0n) is 13.2. The molecule has 0 spiro atoms. The van der Waals surface area contributed by atoms with E-state index >= 15 is 0 Å². The fourth-order valence-corrected chi connectivity index (χ4v) is 3.25. The molecule has 1 aromatic carbocycles. The Morgan fingerprint density at radius 1 is 1.42 bits per heavy atom. The van der Waals surface area contributed by atoms with Crippen molar-refractivity contribution in [2.24, 2.45) is 0 Å². The van der Waals surface area contributed by atoms with Gasteiger partial charge in [0.05, 0.1) is 6.04 Å². The molecule has 8 heteroatoms. The van der Waals surface area contributed by atoms with Gasteiger partial charge in [-0.25, -0.2) is 9.37 Å². The molecule has 1 fully saturated rings. The molecule has 6 nitrogen and oxygen atoms in total. The van der Waals surface area contributed by atoms with Gasteiger partial charge < -0.3 is 9.64 Å². The number of likely N-dealkylation sites (N-methyl/N-ethyl adjacent to an activating group) is 1. The predicted molar refractivity (Wildman–Crippen MR) is 87.1 cm³/mol. The number of nitrogens with zero attached hydrogens (tertiary/aromatic N) is 2. The lowest BCUT2D eigenvalue weighted by Gasteiger charge is -2.38. The zero-order valence-corrected chi connectivity index (χ0v) is 14.0. The van der Waals surface area contributed by atoms with Crippen molar-refractivity contribution in [3.8, 4) is 0 Å². The SMILES string of the molecule is Cc1cnc(NC(=O)[C@@H]2OCC(=O)N(C)[C@@H]2c2ccc(F)cc2)s1. The van der Waals surface area contributed by atoms with Gasteiger partial charge in [0.15, 0.2) is 11.2 Å². The standard InChI is InChI=1S/C16H16FN3O3S/c1-9-7-18-16(24-9)19-15(22)14-13(20(2)12(21)8-23-14)10-3-5-11(17)6-4-10/h3-7,13-14H,8H2,1-2H3,(H,18,19,22)/t13-,14-/m1/s1. The molecule has 0 radical (unpaired) electrons. The van der Waals surface area contributed by atoms with Crippen LogP contribution in [0.5, 0.6) is 0 Å². The topological polar surface area (TPSA) is 71.5 Å². The molecule has 0 aliphatic carbocycles. The van der Waals surface area contributed by atoms with Crippen molar-refractivity contribution in [2.75, 3.05) is 19.0 Å². The maximum Gasteiger partial charge on any atom is 0.257 e. The number of thiazole rings is 1. The van der Waals surface area contributed by atoms with E-state index in [1.165, 1.54) is 28.4 Å². The summed E-state index contributed by atoms with van der Waals surface area (Å²) in [6.45, 7) is 1.71. The monoisotopic (exact) mass is 349 g/mol. The summed E-state index contributed by atoms with van der Waals surface area (Å²) < 4.78 is 18.7. The number of hydrogen-bond acceptors (Lipinski definition) is 5. The van der Waals surface area contributed by atoms with Crippen LogP contribution in [-0.4, -0.2) is 41.5 Å². The van der Waals surface area contributed by atoms with Crippen molar-refractivity contribution in [2.45, 2.75) is 19.1 Å². The van der Waals surface area contributed by atoms with Gasteiger partial charge in [-0.15, -0.1) is 11.3 Å². The Hall–Kier alpha value is -2.32. The van der Waals surface area contributed by atoms with Crippen LogP contribution in [0.2, 0.25) is 0 Å². The molecule has 1 aliphatic rings. The molecule has 3 rings (SSSR count). The third-order valence-electron chi connectivity index (χ3n) is 3.81. The second kappa shape index (κ2) is 6.66. The number of anilines is 1. The molecule has 1 saturated heterocycles. The Bertz CT molecular complexity index is 762. The minimum Gasteiger partial charge on any atom is -0.356 e. The van der Waals surface area contributed by atoms with Gasteiger partial charge in [0.2, 0.25) is 5.91 Å². The Morgan fingerprint density at radius 2 is 2.12 bits per heavy atom. The number of halogens is 1. The summed E-state index contributed by atoms with van der Waals surface area (Å²) in [5.41, 5.74) is 0.627. The molecule has 0 unspecified atom stereocenters. The molecule has 2 heterocycles. The third-order valence-corrected chi connectivity index (χ3v) is 4.63. The molecule has 126 valence electrons. The summed E-state index contributed by atoms with van der Waals surface area (Å²) in [4.78, 5) is 31.1. The minimum absolute atomic E-state index is 0.177. The first-order valence-electron chi connectivity index (χ1n) is 7.31. The number of hydrogen-bond donors (Lipinski definition) is 1. The number of carbonyl (C=O) groups is 2. The first kappa shape index (κ1) is 16.5. The van der Waals surface area contributed by atoms with Crippen molar-refractivity contribution in [1.82, 2.24) is 9.88 Å². The molecule has 1 aromatic heterocycles. The summed E-state index contributed by atoms with van der Waals surface area (Å²) in [5.74, 6) is -1.01. The van der Waals surface area contributed by atoms with Crippen LogP contribution in [0.15, 0.2) is 30.5 Å². The van der Waals surface area contributed by atoms with Gasteiger partial charge in [0, 0.05) is 18.1 Å². The first-order valence-corrected chi connectivity index (χ1v) is 8.13. The quantitative estimate of drug-likeness (QED) is 0.921. The van der Waals surface area contributed by atoms with E-state index in [4.69, 9.17) is 4.74 Å². The highest BCUT2D eigenvalue weighted by Crippen LogP contribution is 2.30. The molecular weight excluding hydrogens is 333 g/mol. The lowest BCUT2D eigenvalue weighted by atomic mass is 9.97. The van der Waals surface area contributed by atoms with E-state index in [0.29, 0.717) is 10.7 Å². The minimum atomic E-state index is -0.901. The Morgan fingerprint density at radius 3 is 2.75 bits per heavy atom. The van der Waals surface area contributed by atoms with E-state index in [0.717, 1.165) is 4.88 Å². The molecule has 1 N–H and O–H groups in total. The lowest BCUT2D eigenvalue weighted by molar-refractivity contribution is -0.160. The smallest absolute Gasteiger partial charge is 0.257 e. The third kappa shape index (κ3) is 3.29. The predicted octanol–water partition coefficient (Wildman–Crippen LogP) is 2.13. The first-order chi connectivity index (χ1) is 11.5. The number of aryl methyl sites for hydroxylation is 1. The molecule has 24 heavy (non-hydrogen) atoms. The maximum absolute atomic E-state index is 13.2. The van der Waals surface area contributed by atoms with Crippen LogP contribution in [0, 0.1) is 12.7 Å². The normalized spacial score (nSPS) is 21.0. The van der Waals surface area contributed by atoms with Crippen molar-refractivity contribution >= 4 is 28.3 Å². The van der Waals surface area contributed by atoms with Gasteiger partial charge in [0.1, 0.15) is 12.4 Å². The van der Waals surface area contributed by atoms with Gasteiger partial charge in [0.25, 0.3) is 5.91 Å². The number of nitrogens with one attached hydrogen (secondary N) is 1. The Kier molecular flexibility index (Phi) is 4.59. The Balaban J connectivity index is 1.86. The maximum atomic E-state index is 13.2. The highest BCUT2D eigenvalue weighted by atomic mass is 32.1. The summed E-state index contributed by atoms with van der Waals surface area (Å²) >= 11 is 1.35. The molecule has 0 bridgehead atoms. The van der Waals surface area contributed by atoms with Crippen molar-refractivity contribution in [3.05, 3.63) is 46.7 Å². The highest BCUT2D eigenvalue weighted by Gasteiger charge is 2.40. The largest absolute Gasteiger partial charge is 0.356 e. The lowest BCUT2D eigenvalue weighted by Crippen LogP contribution is -2.51. The fourth-order valence-electron chi connectivity index (χ4n) is 2.58. The number of amides is 2. The van der Waals surface area contributed by atoms with Crippen molar-refractivity contribution in [1.29, 1.82) is 0 Å². The molecule has 0 saturated carbocycles. The zero-order chi connectivity index (χ0) is 17.3. The summed E-state index contributed by atoms with van der Waals surface area (Å²) in [6.07, 6.45) is 0.761. The number of morpholine rings is 1. The molecule has 2 amide bonds. The summed E-state index contributed by atoms with van der Waals surface area (Å²) in [5, 5.41) is 3.18. The highest BCUT2D eigenvalue weighted by molar-refractivity contribution is 7.15. The molecule has 2 aromatic rings. The van der Waals surface area contributed by atoms with E-state index in [1.807, 2.05) is 6.92 Å². The second-order valence-corrected chi connectivity index (χ2v) is 6.73. The number of rotatable bonds is 3. The van der Waals surface area contributed by atoms with Crippen LogP contribution < -0.4 is 5.32 Å².